The van der Waals surface area contributed by atoms with E-state index < -0.39 is 5.56 Å². The Morgan fingerprint density at radius 1 is 1.28 bits per heavy atom. The number of carbonyl (C=O) groups excluding carboxylic acids is 1. The Balaban J connectivity index is 1.63. The number of hydrogen-bond donors (Lipinski definition) is 2. The number of piperidine rings is 1. The molecule has 25 heavy (non-hydrogen) atoms. The molecule has 0 unspecified atom stereocenters. The van der Waals surface area contributed by atoms with E-state index in [9.17, 15) is 14.7 Å². The lowest BCUT2D eigenvalue weighted by Crippen LogP contribution is -2.48. The number of likely N-dealkylation sites (N-methyl/N-ethyl adjacent to an activating group) is 1. The summed E-state index contributed by atoms with van der Waals surface area (Å²) < 4.78 is 4.95. The second kappa shape index (κ2) is 8.16. The van der Waals surface area contributed by atoms with E-state index in [0.29, 0.717) is 19.0 Å². The first kappa shape index (κ1) is 18.2. The van der Waals surface area contributed by atoms with Crippen molar-refractivity contribution in [3.05, 3.63) is 22.2 Å². The zero-order valence-electron chi connectivity index (χ0n) is 14.8. The lowest BCUT2D eigenvalue weighted by Gasteiger charge is -2.38. The summed E-state index contributed by atoms with van der Waals surface area (Å²) in [5.74, 6) is 0.155. The summed E-state index contributed by atoms with van der Waals surface area (Å²) in [5.41, 5.74) is -0.413. The maximum Gasteiger partial charge on any atom is 0.292 e. The van der Waals surface area contributed by atoms with Crippen LogP contribution in [-0.2, 0) is 0 Å². The maximum absolute atomic E-state index is 12.6. The monoisotopic (exact) mass is 352 g/mol. The number of aliphatic hydroxyl groups is 1. The van der Waals surface area contributed by atoms with Crippen LogP contribution in [0.5, 0.6) is 0 Å². The largest absolute Gasteiger partial charge is 0.396 e. The van der Waals surface area contributed by atoms with Crippen LogP contribution in [-0.4, -0.2) is 90.3 Å². The molecule has 2 saturated heterocycles. The Labute approximate surface area is 147 Å². The first-order chi connectivity index (χ1) is 12.0. The third kappa shape index (κ3) is 4.71. The fourth-order valence-electron chi connectivity index (χ4n) is 3.94. The molecule has 140 valence electrons. The van der Waals surface area contributed by atoms with Gasteiger partial charge < -0.3 is 24.3 Å². The Hall–Kier alpha value is -1.64. The minimum absolute atomic E-state index is 0.0405. The molecule has 2 atom stereocenters. The molecular formula is C17H28N4O4. The van der Waals surface area contributed by atoms with Gasteiger partial charge in [-0.3, -0.25) is 9.59 Å². The van der Waals surface area contributed by atoms with Gasteiger partial charge in [0.05, 0.1) is 6.07 Å². The Kier molecular flexibility index (Phi) is 5.93. The molecule has 0 radical (unpaired) electrons. The predicted molar refractivity (Wildman–Crippen MR) is 92.5 cm³/mol. The number of likely N-dealkylation sites (tertiary alicyclic amines) is 1. The molecule has 2 aliphatic heterocycles. The van der Waals surface area contributed by atoms with Crippen LogP contribution in [0.4, 0.5) is 0 Å². The SMILES string of the molecule is CN1CCCN(C[C@H]2C[C@H](CO)CN(C(=O)c3cc(=O)[nH]o3)C2)CC1. The van der Waals surface area contributed by atoms with Gasteiger partial charge in [-0.05, 0) is 44.8 Å². The van der Waals surface area contributed by atoms with E-state index in [2.05, 4.69) is 22.0 Å². The highest BCUT2D eigenvalue weighted by Crippen LogP contribution is 2.24. The number of aromatic nitrogens is 1. The van der Waals surface area contributed by atoms with E-state index in [-0.39, 0.29) is 24.2 Å². The molecule has 8 nitrogen and oxygen atoms in total. The highest BCUT2D eigenvalue weighted by atomic mass is 16.5. The molecule has 3 heterocycles. The number of nitrogens with one attached hydrogen (secondary N) is 1. The van der Waals surface area contributed by atoms with Gasteiger partial charge in [-0.2, -0.15) is 5.16 Å². The average Bonchev–Trinajstić information content (AvgIpc) is 2.94. The molecule has 0 saturated carbocycles. The van der Waals surface area contributed by atoms with Crippen LogP contribution in [0, 0.1) is 11.8 Å². The second-order valence-electron chi connectivity index (χ2n) is 7.39. The van der Waals surface area contributed by atoms with Crippen molar-refractivity contribution in [3.63, 3.8) is 0 Å². The number of H-pyrrole nitrogens is 1. The van der Waals surface area contributed by atoms with Crippen LogP contribution >= 0.6 is 0 Å². The van der Waals surface area contributed by atoms with E-state index in [1.807, 2.05) is 0 Å². The van der Waals surface area contributed by atoms with Crippen molar-refractivity contribution >= 4 is 5.91 Å². The van der Waals surface area contributed by atoms with Crippen molar-refractivity contribution in [1.29, 1.82) is 0 Å². The first-order valence-electron chi connectivity index (χ1n) is 9.04. The fourth-order valence-corrected chi connectivity index (χ4v) is 3.94. The highest BCUT2D eigenvalue weighted by Gasteiger charge is 2.32. The molecular weight excluding hydrogens is 324 g/mol. The summed E-state index contributed by atoms with van der Waals surface area (Å²) in [6, 6.07) is 1.19. The number of amides is 1. The van der Waals surface area contributed by atoms with Crippen LogP contribution in [0.25, 0.3) is 0 Å². The van der Waals surface area contributed by atoms with Crippen LogP contribution in [0.2, 0.25) is 0 Å². The van der Waals surface area contributed by atoms with Crippen molar-refractivity contribution in [2.45, 2.75) is 12.8 Å². The van der Waals surface area contributed by atoms with E-state index >= 15 is 0 Å². The predicted octanol–water partition coefficient (Wildman–Crippen LogP) is -0.324. The molecule has 0 bridgehead atoms. The summed E-state index contributed by atoms with van der Waals surface area (Å²) in [4.78, 5) is 30.3. The minimum atomic E-state index is -0.413. The molecule has 3 rings (SSSR count). The van der Waals surface area contributed by atoms with Gasteiger partial charge in [0.15, 0.2) is 0 Å². The zero-order valence-corrected chi connectivity index (χ0v) is 14.8. The number of aromatic amines is 1. The van der Waals surface area contributed by atoms with Crippen LogP contribution in [0.3, 0.4) is 0 Å². The Morgan fingerprint density at radius 3 is 2.80 bits per heavy atom. The van der Waals surface area contributed by atoms with Gasteiger partial charge in [-0.1, -0.05) is 0 Å². The van der Waals surface area contributed by atoms with E-state index in [4.69, 9.17) is 4.52 Å². The second-order valence-corrected chi connectivity index (χ2v) is 7.39. The van der Waals surface area contributed by atoms with Gasteiger partial charge in [0.25, 0.3) is 11.5 Å². The van der Waals surface area contributed by atoms with Crippen LogP contribution in [0.15, 0.2) is 15.4 Å². The number of nitrogens with zero attached hydrogens (tertiary/aromatic N) is 3. The first-order valence-corrected chi connectivity index (χ1v) is 9.04. The number of aliphatic hydroxyl groups excluding tert-OH is 1. The van der Waals surface area contributed by atoms with E-state index in [1.54, 1.807) is 4.90 Å². The summed E-state index contributed by atoms with van der Waals surface area (Å²) >= 11 is 0. The van der Waals surface area contributed by atoms with Crippen molar-refractivity contribution in [2.75, 3.05) is 59.5 Å². The lowest BCUT2D eigenvalue weighted by atomic mass is 9.89. The summed E-state index contributed by atoms with van der Waals surface area (Å²) in [6.07, 6.45) is 2.08. The van der Waals surface area contributed by atoms with Crippen LogP contribution in [0.1, 0.15) is 23.4 Å². The summed E-state index contributed by atoms with van der Waals surface area (Å²) in [6.45, 7) is 6.44. The maximum atomic E-state index is 12.6. The number of hydrogen-bond acceptors (Lipinski definition) is 6. The number of rotatable bonds is 4. The molecule has 8 heteroatoms. The van der Waals surface area contributed by atoms with Crippen LogP contribution < -0.4 is 5.56 Å². The van der Waals surface area contributed by atoms with Gasteiger partial charge in [-0.25, -0.2) is 0 Å². The van der Waals surface area contributed by atoms with Gasteiger partial charge in [0.2, 0.25) is 5.76 Å². The summed E-state index contributed by atoms with van der Waals surface area (Å²) in [7, 11) is 2.15. The molecule has 0 aromatic carbocycles. The molecule has 0 spiro atoms. The van der Waals surface area contributed by atoms with Gasteiger partial charge in [0.1, 0.15) is 0 Å². The average molecular weight is 352 g/mol. The molecule has 1 amide bonds. The topological polar surface area (TPSA) is 93.0 Å². The minimum Gasteiger partial charge on any atom is -0.396 e. The van der Waals surface area contributed by atoms with Gasteiger partial charge >= 0.3 is 0 Å². The van der Waals surface area contributed by atoms with Crippen molar-refractivity contribution in [3.8, 4) is 0 Å². The fraction of sp³-hybridized carbons (Fsp3) is 0.765. The standard InChI is InChI=1S/C17H28N4O4/c1-19-3-2-4-20(6-5-19)9-13-7-14(12-22)11-21(10-13)17(24)15-8-16(23)18-25-15/h8,13-14,22H,2-7,9-12H2,1H3,(H,18,23)/t13-,14+/m1/s1. The van der Waals surface area contributed by atoms with Gasteiger partial charge in [0, 0.05) is 39.3 Å². The van der Waals surface area contributed by atoms with Gasteiger partial charge in [-0.15, -0.1) is 0 Å². The molecule has 2 N–H and O–H groups in total. The normalized spacial score (nSPS) is 26.6. The quantitative estimate of drug-likeness (QED) is 0.771. The van der Waals surface area contributed by atoms with E-state index in [0.717, 1.165) is 45.6 Å². The smallest absolute Gasteiger partial charge is 0.292 e. The molecule has 2 fully saturated rings. The molecule has 1 aromatic heterocycles. The molecule has 0 aliphatic carbocycles. The van der Waals surface area contributed by atoms with Crippen molar-refractivity contribution in [2.24, 2.45) is 11.8 Å². The zero-order chi connectivity index (χ0) is 17.8. The lowest BCUT2D eigenvalue weighted by molar-refractivity contribution is 0.0421. The molecule has 2 aliphatic rings. The third-order valence-corrected chi connectivity index (χ3v) is 5.23. The Morgan fingerprint density at radius 2 is 2.08 bits per heavy atom. The highest BCUT2D eigenvalue weighted by molar-refractivity contribution is 5.91. The van der Waals surface area contributed by atoms with E-state index in [1.165, 1.54) is 6.07 Å². The Bertz CT molecular complexity index is 628. The molecule has 1 aromatic rings. The number of carbonyl (C=O) groups is 1. The summed E-state index contributed by atoms with van der Waals surface area (Å²) in [5, 5.41) is 11.8. The third-order valence-electron chi connectivity index (χ3n) is 5.23. The van der Waals surface area contributed by atoms with Crippen molar-refractivity contribution < 1.29 is 14.4 Å². The van der Waals surface area contributed by atoms with Crippen molar-refractivity contribution in [1.82, 2.24) is 19.9 Å².